The van der Waals surface area contributed by atoms with E-state index in [2.05, 4.69) is 91.0 Å². The minimum atomic E-state index is -0.440. The van der Waals surface area contributed by atoms with Gasteiger partial charge in [0.25, 0.3) is 0 Å². The lowest BCUT2D eigenvalue weighted by atomic mass is 9.68. The molecule has 3 aliphatic rings. The van der Waals surface area contributed by atoms with Gasteiger partial charge in [-0.3, -0.25) is 0 Å². The summed E-state index contributed by atoms with van der Waals surface area (Å²) in [4.78, 5) is 16.5. The van der Waals surface area contributed by atoms with Crippen LogP contribution >= 0.6 is 35.1 Å². The molecule has 2 aliphatic heterocycles. The highest BCUT2D eigenvalue weighted by Crippen LogP contribution is 2.62. The van der Waals surface area contributed by atoms with Crippen LogP contribution in [0.1, 0.15) is 32.6 Å². The molecule has 7 heteroatoms. The average molecular weight is 809 g/mol. The summed E-state index contributed by atoms with van der Waals surface area (Å²) < 4.78 is 17.3. The third-order valence-electron chi connectivity index (χ3n) is 10.8. The maximum Gasteiger partial charge on any atom is 0.338 e. The molecule has 0 N–H and O–H groups in total. The summed E-state index contributed by atoms with van der Waals surface area (Å²) in [6.45, 7) is 0. The maximum atomic E-state index is 12.1. The molecule has 0 fully saturated rings. The van der Waals surface area contributed by atoms with Crippen molar-refractivity contribution < 1.29 is 19.0 Å². The topological polar surface area (TPSA) is 44.8 Å². The Morgan fingerprint density at radius 1 is 0.500 bits per heavy atom. The Labute approximate surface area is 350 Å². The summed E-state index contributed by atoms with van der Waals surface area (Å²) in [6.07, 6.45) is 0. The van der Waals surface area contributed by atoms with Gasteiger partial charge in [0, 0.05) is 16.1 Å². The van der Waals surface area contributed by atoms with Crippen molar-refractivity contribution in [3.05, 3.63) is 215 Å². The Bertz CT molecular complexity index is 2880. The third-order valence-corrected chi connectivity index (χ3v) is 13.4. The van der Waals surface area contributed by atoms with Gasteiger partial charge in [0.2, 0.25) is 0 Å². The lowest BCUT2D eigenvalue weighted by Gasteiger charge is -2.34. The van der Waals surface area contributed by atoms with Crippen molar-refractivity contribution in [2.24, 2.45) is 0 Å². The Morgan fingerprint density at radius 3 is 1.78 bits per heavy atom. The predicted octanol–water partition coefficient (Wildman–Crippen LogP) is 14.4. The molecule has 2 heterocycles. The molecule has 0 amide bonds. The summed E-state index contributed by atoms with van der Waals surface area (Å²) in [5, 5.41) is 0.740. The van der Waals surface area contributed by atoms with E-state index in [0.29, 0.717) is 5.56 Å². The van der Waals surface area contributed by atoms with Gasteiger partial charge in [-0.1, -0.05) is 163 Å². The second-order valence-corrected chi connectivity index (χ2v) is 16.5. The van der Waals surface area contributed by atoms with Crippen LogP contribution in [0.4, 0.5) is 0 Å². The Morgan fingerprint density at radius 2 is 1.05 bits per heavy atom. The first-order chi connectivity index (χ1) is 28.5. The van der Waals surface area contributed by atoms with Gasteiger partial charge in [0.15, 0.2) is 0 Å². The second-order valence-electron chi connectivity index (χ2n) is 14.0. The van der Waals surface area contributed by atoms with E-state index in [1.165, 1.54) is 45.4 Å². The fourth-order valence-electron chi connectivity index (χ4n) is 8.29. The van der Waals surface area contributed by atoms with Crippen molar-refractivity contribution >= 4 is 41.1 Å². The molecule has 58 heavy (non-hydrogen) atoms. The van der Waals surface area contributed by atoms with Gasteiger partial charge in [0.1, 0.15) is 23.0 Å². The summed E-state index contributed by atoms with van der Waals surface area (Å²) in [7, 11) is 1.40. The second kappa shape index (κ2) is 15.0. The highest BCUT2D eigenvalue weighted by Gasteiger charge is 2.47. The predicted molar refractivity (Wildman–Crippen MR) is 233 cm³/mol. The molecule has 0 radical (unpaired) electrons. The van der Waals surface area contributed by atoms with Gasteiger partial charge < -0.3 is 14.2 Å². The molecule has 0 saturated carbocycles. The van der Waals surface area contributed by atoms with Gasteiger partial charge in [-0.25, -0.2) is 4.79 Å². The number of esters is 1. The molecule has 8 aromatic carbocycles. The molecule has 0 bridgehead atoms. The first-order valence-corrected chi connectivity index (χ1v) is 20.8. The van der Waals surface area contributed by atoms with Crippen LogP contribution < -0.4 is 9.47 Å². The van der Waals surface area contributed by atoms with E-state index in [9.17, 15) is 4.79 Å². The number of hydrogen-bond acceptors (Lipinski definition) is 6. The molecule has 8 aromatic rings. The molecular weight excluding hydrogens is 776 g/mol. The van der Waals surface area contributed by atoms with E-state index in [1.54, 1.807) is 29.6 Å². The van der Waals surface area contributed by atoms with Crippen molar-refractivity contribution in [3.63, 3.8) is 0 Å². The van der Waals surface area contributed by atoms with E-state index in [-0.39, 0.29) is 5.97 Å². The van der Waals surface area contributed by atoms with E-state index in [1.807, 2.05) is 84.9 Å². The monoisotopic (exact) mass is 808 g/mol. The van der Waals surface area contributed by atoms with Gasteiger partial charge in [-0.05, 0) is 88.0 Å². The smallest absolute Gasteiger partial charge is 0.338 e. The van der Waals surface area contributed by atoms with E-state index in [4.69, 9.17) is 25.8 Å². The van der Waals surface area contributed by atoms with Crippen molar-refractivity contribution in [2.75, 3.05) is 7.11 Å². The van der Waals surface area contributed by atoms with Crippen LogP contribution in [0.3, 0.4) is 0 Å². The summed E-state index contributed by atoms with van der Waals surface area (Å²) in [5.74, 6) is 3.14. The lowest BCUT2D eigenvalue weighted by molar-refractivity contribution is 0.0601. The third kappa shape index (κ3) is 5.99. The molecule has 4 nitrogen and oxygen atoms in total. The molecule has 1 unspecified atom stereocenters. The Balaban J connectivity index is 0.000000150. The lowest BCUT2D eigenvalue weighted by Crippen LogP contribution is -2.28. The molecule has 1 atom stereocenters. The SMILES string of the molecule is COC(=O)c1ccccc1-c1cccc2c1Sc1ccccc1O2.Clc1ccc(C2(c3ccccc3)c3ccccc3-c3c2ccc2c3Sc3ccccc3O2)cc1. The van der Waals surface area contributed by atoms with Crippen molar-refractivity contribution in [1.29, 1.82) is 0 Å². The molecule has 1 aliphatic carbocycles. The average Bonchev–Trinajstić information content (AvgIpc) is 3.59. The summed E-state index contributed by atoms with van der Waals surface area (Å²) in [6, 6.07) is 61.9. The number of hydrogen-bond donors (Lipinski definition) is 0. The van der Waals surface area contributed by atoms with Crippen LogP contribution in [-0.2, 0) is 10.2 Å². The molecule has 280 valence electrons. The van der Waals surface area contributed by atoms with Crippen LogP contribution in [0.2, 0.25) is 5.02 Å². The number of para-hydroxylation sites is 2. The van der Waals surface area contributed by atoms with Crippen LogP contribution in [0, 0.1) is 0 Å². The van der Waals surface area contributed by atoms with Crippen molar-refractivity contribution in [3.8, 4) is 45.3 Å². The first-order valence-electron chi connectivity index (χ1n) is 18.8. The van der Waals surface area contributed by atoms with Gasteiger partial charge in [-0.2, -0.15) is 0 Å². The van der Waals surface area contributed by atoms with Crippen LogP contribution in [0.25, 0.3) is 22.3 Å². The number of carbonyl (C=O) groups is 1. The quantitative estimate of drug-likeness (QED) is 0.165. The Kier molecular flexibility index (Phi) is 9.33. The molecular formula is C51H33ClO4S2. The van der Waals surface area contributed by atoms with Crippen LogP contribution in [0.15, 0.2) is 202 Å². The highest BCUT2D eigenvalue weighted by molar-refractivity contribution is 8.00. The standard InChI is InChI=1S/C31H19ClOS.C20H14O3S/c32-22-16-14-21(15-17-22)31(20-8-2-1-3-9-20)24-11-5-4-10-23(24)29-25(31)18-19-27-30(29)34-28-13-7-6-12-26(28)33-27;1-22-20(21)15-8-3-2-7-13(15)14-9-6-11-17-19(14)24-18-12-5-4-10-16(18)23-17/h1-19H;2-12H,1H3. The molecule has 0 saturated heterocycles. The molecule has 0 spiro atoms. The zero-order chi connectivity index (χ0) is 39.2. The number of halogens is 1. The van der Waals surface area contributed by atoms with Gasteiger partial charge in [-0.15, -0.1) is 0 Å². The Hall–Kier alpha value is -6.18. The first kappa shape index (κ1) is 36.2. The summed E-state index contributed by atoms with van der Waals surface area (Å²) >= 11 is 9.79. The normalized spacial score (nSPS) is 15.0. The zero-order valence-electron chi connectivity index (χ0n) is 31.1. The van der Waals surface area contributed by atoms with Crippen molar-refractivity contribution in [1.82, 2.24) is 0 Å². The molecule has 0 aromatic heterocycles. The minimum Gasteiger partial charge on any atom is -0.465 e. The van der Waals surface area contributed by atoms with Crippen LogP contribution in [0.5, 0.6) is 23.0 Å². The fourth-order valence-corrected chi connectivity index (χ4v) is 10.6. The largest absolute Gasteiger partial charge is 0.465 e. The maximum absolute atomic E-state index is 12.1. The number of ether oxygens (including phenoxy) is 3. The van der Waals surface area contributed by atoms with E-state index < -0.39 is 5.41 Å². The van der Waals surface area contributed by atoms with Crippen molar-refractivity contribution in [2.45, 2.75) is 25.0 Å². The minimum absolute atomic E-state index is 0.342. The number of rotatable bonds is 4. The number of carbonyl (C=O) groups excluding carboxylic acids is 1. The highest BCUT2D eigenvalue weighted by atomic mass is 35.5. The van der Waals surface area contributed by atoms with Gasteiger partial charge >= 0.3 is 5.97 Å². The zero-order valence-corrected chi connectivity index (χ0v) is 33.5. The fraction of sp³-hybridized carbons (Fsp3) is 0.0392. The van der Waals surface area contributed by atoms with Gasteiger partial charge in [0.05, 0.1) is 37.7 Å². The molecule has 11 rings (SSSR count). The number of methoxy groups -OCH3 is 1. The van der Waals surface area contributed by atoms with E-state index in [0.717, 1.165) is 53.8 Å². The number of fused-ring (bicyclic) bond motifs is 8. The van der Waals surface area contributed by atoms with Crippen LogP contribution in [-0.4, -0.2) is 13.1 Å². The van der Waals surface area contributed by atoms with E-state index >= 15 is 0 Å². The summed E-state index contributed by atoms with van der Waals surface area (Å²) in [5.41, 5.74) is 9.43. The number of benzene rings is 8.